The van der Waals surface area contributed by atoms with Crippen LogP contribution in [0.4, 0.5) is 5.69 Å². The van der Waals surface area contributed by atoms with E-state index < -0.39 is 0 Å². The molecule has 158 valence electrons. The zero-order valence-electron chi connectivity index (χ0n) is 17.1. The zero-order valence-corrected chi connectivity index (χ0v) is 17.1. The number of rotatable bonds is 6. The Labute approximate surface area is 170 Å². The molecule has 1 aromatic rings. The number of imide groups is 1. The minimum atomic E-state index is -0.178. The molecular weight excluding hydrogens is 374 g/mol. The van der Waals surface area contributed by atoms with Crippen LogP contribution in [0.2, 0.25) is 0 Å². The van der Waals surface area contributed by atoms with Gasteiger partial charge in [0.1, 0.15) is 0 Å². The van der Waals surface area contributed by atoms with Gasteiger partial charge in [-0.3, -0.25) is 28.8 Å². The lowest BCUT2D eigenvalue weighted by Crippen LogP contribution is -2.44. The van der Waals surface area contributed by atoms with Crippen molar-refractivity contribution in [3.8, 4) is 0 Å². The summed E-state index contributed by atoms with van der Waals surface area (Å²) >= 11 is 0. The quantitative estimate of drug-likeness (QED) is 0.719. The van der Waals surface area contributed by atoms with Crippen LogP contribution in [0.5, 0.6) is 0 Å². The topological polar surface area (TPSA) is 105 Å². The van der Waals surface area contributed by atoms with E-state index in [9.17, 15) is 19.2 Å². The van der Waals surface area contributed by atoms with Gasteiger partial charge in [-0.05, 0) is 32.1 Å². The molecule has 4 amide bonds. The van der Waals surface area contributed by atoms with E-state index >= 15 is 0 Å². The third kappa shape index (κ3) is 5.21. The Morgan fingerprint density at radius 3 is 2.41 bits per heavy atom. The number of anilines is 1. The molecule has 1 N–H and O–H groups in total. The summed E-state index contributed by atoms with van der Waals surface area (Å²) in [4.78, 5) is 51.4. The van der Waals surface area contributed by atoms with Crippen LogP contribution in [0.3, 0.4) is 0 Å². The Hall–Kier alpha value is -2.71. The van der Waals surface area contributed by atoms with Gasteiger partial charge in [0, 0.05) is 52.4 Å². The molecule has 2 saturated heterocycles. The van der Waals surface area contributed by atoms with Gasteiger partial charge >= 0.3 is 0 Å². The van der Waals surface area contributed by atoms with Crippen LogP contribution in [0, 0.1) is 12.8 Å². The lowest BCUT2D eigenvalue weighted by atomic mass is 9.93. The van der Waals surface area contributed by atoms with Crippen LogP contribution in [-0.2, 0) is 26.2 Å². The number of carbonyl (C=O) groups is 4. The molecule has 0 radical (unpaired) electrons. The van der Waals surface area contributed by atoms with E-state index in [-0.39, 0.29) is 42.5 Å². The van der Waals surface area contributed by atoms with E-state index in [1.54, 1.807) is 15.8 Å². The molecule has 2 aliphatic rings. The molecule has 0 aliphatic carbocycles. The second-order valence-corrected chi connectivity index (χ2v) is 7.89. The summed E-state index contributed by atoms with van der Waals surface area (Å²) in [6.45, 7) is 3.27. The maximum Gasteiger partial charge on any atom is 0.229 e. The molecule has 0 spiro atoms. The van der Waals surface area contributed by atoms with Crippen LogP contribution in [-0.4, -0.2) is 62.8 Å². The summed E-state index contributed by atoms with van der Waals surface area (Å²) in [5.74, 6) is -0.190. The maximum atomic E-state index is 12.5. The lowest BCUT2D eigenvalue weighted by Gasteiger charge is -2.32. The van der Waals surface area contributed by atoms with E-state index in [1.807, 2.05) is 14.0 Å². The number of piperidine rings is 2. The van der Waals surface area contributed by atoms with Crippen LogP contribution in [0.15, 0.2) is 6.20 Å². The van der Waals surface area contributed by atoms with Gasteiger partial charge in [0.2, 0.25) is 23.6 Å². The van der Waals surface area contributed by atoms with Crippen molar-refractivity contribution in [3.63, 3.8) is 0 Å². The monoisotopic (exact) mass is 403 g/mol. The molecule has 0 atom stereocenters. The van der Waals surface area contributed by atoms with Crippen LogP contribution in [0.1, 0.15) is 50.6 Å². The number of nitrogens with one attached hydrogen (secondary N) is 1. The van der Waals surface area contributed by atoms with Crippen molar-refractivity contribution in [1.82, 2.24) is 19.6 Å². The molecule has 0 saturated carbocycles. The Bertz CT molecular complexity index is 779. The highest BCUT2D eigenvalue weighted by molar-refractivity contribution is 5.97. The SMILES string of the molecule is Cc1c(NC(=O)CC2CCN(C(=O)CCN3C(=O)CCCC3=O)CC2)cnn1C. The van der Waals surface area contributed by atoms with Gasteiger partial charge in [-0.2, -0.15) is 5.10 Å². The predicted octanol–water partition coefficient (Wildman–Crippen LogP) is 1.22. The van der Waals surface area contributed by atoms with Crippen molar-refractivity contribution < 1.29 is 19.2 Å². The summed E-state index contributed by atoms with van der Waals surface area (Å²) in [6.07, 6.45) is 5.14. The van der Waals surface area contributed by atoms with Crippen molar-refractivity contribution in [2.24, 2.45) is 13.0 Å². The van der Waals surface area contributed by atoms with Crippen LogP contribution >= 0.6 is 0 Å². The molecule has 2 fully saturated rings. The molecule has 29 heavy (non-hydrogen) atoms. The fourth-order valence-electron chi connectivity index (χ4n) is 3.89. The Balaban J connectivity index is 1.40. The van der Waals surface area contributed by atoms with Gasteiger partial charge in [-0.15, -0.1) is 0 Å². The van der Waals surface area contributed by atoms with Crippen molar-refractivity contribution >= 4 is 29.3 Å². The minimum absolute atomic E-state index is 0.0343. The molecule has 0 unspecified atom stereocenters. The first-order valence-corrected chi connectivity index (χ1v) is 10.2. The molecule has 9 nitrogen and oxygen atoms in total. The summed E-state index contributed by atoms with van der Waals surface area (Å²) in [7, 11) is 1.83. The first-order chi connectivity index (χ1) is 13.8. The third-order valence-corrected chi connectivity index (χ3v) is 5.88. The summed E-state index contributed by atoms with van der Waals surface area (Å²) in [5, 5.41) is 7.02. The number of carbonyl (C=O) groups excluding carboxylic acids is 4. The highest BCUT2D eigenvalue weighted by Crippen LogP contribution is 2.23. The van der Waals surface area contributed by atoms with Crippen molar-refractivity contribution in [3.05, 3.63) is 11.9 Å². The maximum absolute atomic E-state index is 12.5. The summed E-state index contributed by atoms with van der Waals surface area (Å²) in [6, 6.07) is 0. The summed E-state index contributed by atoms with van der Waals surface area (Å²) < 4.78 is 1.71. The molecule has 3 rings (SSSR count). The average molecular weight is 403 g/mol. The van der Waals surface area contributed by atoms with E-state index in [1.165, 1.54) is 4.90 Å². The lowest BCUT2D eigenvalue weighted by molar-refractivity contribution is -0.148. The fraction of sp³-hybridized carbons (Fsp3) is 0.650. The van der Waals surface area contributed by atoms with E-state index in [2.05, 4.69) is 10.4 Å². The number of hydrogen-bond donors (Lipinski definition) is 1. The van der Waals surface area contributed by atoms with Crippen LogP contribution < -0.4 is 5.32 Å². The number of hydrogen-bond acceptors (Lipinski definition) is 5. The highest BCUT2D eigenvalue weighted by atomic mass is 16.2. The molecule has 0 bridgehead atoms. The smallest absolute Gasteiger partial charge is 0.229 e. The van der Waals surface area contributed by atoms with Crippen molar-refractivity contribution in [1.29, 1.82) is 0 Å². The second-order valence-electron chi connectivity index (χ2n) is 7.89. The Morgan fingerprint density at radius 2 is 1.83 bits per heavy atom. The number of amides is 4. The first kappa shape index (κ1) is 21.0. The predicted molar refractivity (Wildman–Crippen MR) is 106 cm³/mol. The molecule has 9 heteroatoms. The van der Waals surface area contributed by atoms with Gasteiger partial charge in [-0.1, -0.05) is 0 Å². The third-order valence-electron chi connectivity index (χ3n) is 5.88. The van der Waals surface area contributed by atoms with Crippen LogP contribution in [0.25, 0.3) is 0 Å². The number of aryl methyl sites for hydroxylation is 1. The largest absolute Gasteiger partial charge is 0.343 e. The standard InChI is InChI=1S/C20H29N5O4/c1-14-16(13-21-23(14)2)22-17(26)12-15-6-9-24(10-7-15)18(27)8-11-25-19(28)4-3-5-20(25)29/h13,15H,3-12H2,1-2H3,(H,22,26). The Morgan fingerprint density at radius 1 is 1.17 bits per heavy atom. The molecule has 1 aromatic heterocycles. The molecular formula is C20H29N5O4. The first-order valence-electron chi connectivity index (χ1n) is 10.2. The van der Waals surface area contributed by atoms with Gasteiger partial charge in [0.25, 0.3) is 0 Å². The van der Waals surface area contributed by atoms with Gasteiger partial charge < -0.3 is 10.2 Å². The summed E-state index contributed by atoms with van der Waals surface area (Å²) in [5.41, 5.74) is 1.64. The zero-order chi connectivity index (χ0) is 21.0. The minimum Gasteiger partial charge on any atom is -0.343 e. The van der Waals surface area contributed by atoms with Gasteiger partial charge in [0.05, 0.1) is 17.6 Å². The van der Waals surface area contributed by atoms with Crippen molar-refractivity contribution in [2.45, 2.75) is 51.9 Å². The normalized spacial score (nSPS) is 18.3. The average Bonchev–Trinajstić information content (AvgIpc) is 3.00. The van der Waals surface area contributed by atoms with Gasteiger partial charge in [0.15, 0.2) is 0 Å². The Kier molecular flexibility index (Phi) is 6.66. The van der Waals surface area contributed by atoms with E-state index in [0.717, 1.165) is 24.2 Å². The number of nitrogens with zero attached hydrogens (tertiary/aromatic N) is 4. The molecule has 0 aromatic carbocycles. The van der Waals surface area contributed by atoms with Crippen molar-refractivity contribution in [2.75, 3.05) is 25.0 Å². The molecule has 2 aliphatic heterocycles. The fourth-order valence-corrected chi connectivity index (χ4v) is 3.89. The number of likely N-dealkylation sites (tertiary alicyclic amines) is 2. The highest BCUT2D eigenvalue weighted by Gasteiger charge is 2.28. The number of aromatic nitrogens is 2. The van der Waals surface area contributed by atoms with Gasteiger partial charge in [-0.25, -0.2) is 0 Å². The van der Waals surface area contributed by atoms with E-state index in [4.69, 9.17) is 0 Å². The molecule has 3 heterocycles. The second kappa shape index (κ2) is 9.19. The van der Waals surface area contributed by atoms with E-state index in [0.29, 0.717) is 38.8 Å².